The number of nitriles is 1. The van der Waals surface area contributed by atoms with Crippen LogP contribution in [0.2, 0.25) is 0 Å². The molecule has 0 aliphatic heterocycles. The van der Waals surface area contributed by atoms with Crippen LogP contribution < -0.4 is 0 Å². The smallest absolute Gasteiger partial charge is 0.158 e. The van der Waals surface area contributed by atoms with E-state index in [1.165, 1.54) is 38.5 Å². The average molecular weight is 217 g/mol. The molecule has 1 aromatic rings. The van der Waals surface area contributed by atoms with E-state index in [1.807, 2.05) is 6.07 Å². The van der Waals surface area contributed by atoms with Gasteiger partial charge in [-0.05, 0) is 12.8 Å². The van der Waals surface area contributed by atoms with Crippen LogP contribution in [-0.2, 0) is 6.42 Å². The Kier molecular flexibility index (Phi) is 6.17. The normalized spacial score (nSPS) is 10.0. The zero-order chi connectivity index (χ0) is 11.6. The van der Waals surface area contributed by atoms with Gasteiger partial charge in [0.15, 0.2) is 5.69 Å². The molecule has 0 aliphatic carbocycles. The molecule has 0 saturated carbocycles. The van der Waals surface area contributed by atoms with Crippen LogP contribution in [-0.4, -0.2) is 9.97 Å². The van der Waals surface area contributed by atoms with Crippen LogP contribution in [0.3, 0.4) is 0 Å². The second-order valence-corrected chi connectivity index (χ2v) is 4.02. The molecule has 0 unspecified atom stereocenters. The van der Waals surface area contributed by atoms with Crippen LogP contribution in [0.15, 0.2) is 12.4 Å². The Morgan fingerprint density at radius 1 is 1.06 bits per heavy atom. The van der Waals surface area contributed by atoms with Gasteiger partial charge in [-0.2, -0.15) is 5.26 Å². The number of hydrogen-bond donors (Lipinski definition) is 0. The highest BCUT2D eigenvalue weighted by atomic mass is 14.8. The Morgan fingerprint density at radius 2 is 1.81 bits per heavy atom. The minimum Gasteiger partial charge on any atom is -0.257 e. The standard InChI is InChI=1S/C13H19N3/c1-2-3-4-5-6-7-8-12-10-16-13(9-14)11-15-12/h10-11H,2-8H2,1H3. The molecule has 0 fully saturated rings. The third-order valence-electron chi connectivity index (χ3n) is 2.61. The van der Waals surface area contributed by atoms with E-state index in [2.05, 4.69) is 16.9 Å². The van der Waals surface area contributed by atoms with E-state index in [0.29, 0.717) is 5.69 Å². The van der Waals surface area contributed by atoms with Gasteiger partial charge in [-0.15, -0.1) is 0 Å². The maximum atomic E-state index is 8.57. The summed E-state index contributed by atoms with van der Waals surface area (Å²) in [6.45, 7) is 2.23. The lowest BCUT2D eigenvalue weighted by Crippen LogP contribution is -1.93. The Balaban J connectivity index is 2.15. The maximum Gasteiger partial charge on any atom is 0.158 e. The van der Waals surface area contributed by atoms with Crippen molar-refractivity contribution < 1.29 is 0 Å². The summed E-state index contributed by atoms with van der Waals surface area (Å²) in [5.41, 5.74) is 1.39. The highest BCUT2D eigenvalue weighted by Crippen LogP contribution is 2.07. The number of nitrogens with zero attached hydrogens (tertiary/aromatic N) is 3. The lowest BCUT2D eigenvalue weighted by Gasteiger charge is -2.00. The summed E-state index contributed by atoms with van der Waals surface area (Å²) in [5, 5.41) is 8.57. The van der Waals surface area contributed by atoms with Crippen molar-refractivity contribution in [2.75, 3.05) is 0 Å². The molecule has 0 aliphatic rings. The molecule has 0 bridgehead atoms. The minimum atomic E-state index is 0.395. The molecule has 0 saturated heterocycles. The third kappa shape index (κ3) is 4.88. The first-order valence-corrected chi connectivity index (χ1v) is 6.08. The molecule has 0 radical (unpaired) electrons. The molecule has 1 rings (SSSR count). The van der Waals surface area contributed by atoms with Crippen molar-refractivity contribution in [2.45, 2.75) is 51.9 Å². The summed E-state index contributed by atoms with van der Waals surface area (Å²) in [6, 6.07) is 1.97. The Hall–Kier alpha value is -1.43. The predicted molar refractivity (Wildman–Crippen MR) is 63.8 cm³/mol. The largest absolute Gasteiger partial charge is 0.257 e. The summed E-state index contributed by atoms with van der Waals surface area (Å²) in [6.07, 6.45) is 12.0. The number of aryl methyl sites for hydroxylation is 1. The van der Waals surface area contributed by atoms with Crippen LogP contribution >= 0.6 is 0 Å². The van der Waals surface area contributed by atoms with Crippen molar-refractivity contribution in [3.8, 4) is 6.07 Å². The molecule has 1 aromatic heterocycles. The van der Waals surface area contributed by atoms with Gasteiger partial charge in [-0.3, -0.25) is 4.98 Å². The van der Waals surface area contributed by atoms with E-state index < -0.39 is 0 Å². The molecule has 1 heterocycles. The zero-order valence-electron chi connectivity index (χ0n) is 9.95. The first-order valence-electron chi connectivity index (χ1n) is 6.08. The fraction of sp³-hybridized carbons (Fsp3) is 0.615. The highest BCUT2D eigenvalue weighted by molar-refractivity contribution is 5.16. The van der Waals surface area contributed by atoms with Crippen molar-refractivity contribution in [2.24, 2.45) is 0 Å². The van der Waals surface area contributed by atoms with Gasteiger partial charge in [0.25, 0.3) is 0 Å². The van der Waals surface area contributed by atoms with Crippen molar-refractivity contribution in [3.05, 3.63) is 23.8 Å². The van der Waals surface area contributed by atoms with Gasteiger partial charge in [0, 0.05) is 6.20 Å². The molecule has 3 nitrogen and oxygen atoms in total. The lowest BCUT2D eigenvalue weighted by molar-refractivity contribution is 0.604. The van der Waals surface area contributed by atoms with Crippen LogP contribution in [0.1, 0.15) is 56.8 Å². The molecule has 0 atom stereocenters. The molecule has 3 heteroatoms. The van der Waals surface area contributed by atoms with Crippen LogP contribution in [0, 0.1) is 11.3 Å². The van der Waals surface area contributed by atoms with Gasteiger partial charge in [0.05, 0.1) is 11.9 Å². The number of unbranched alkanes of at least 4 members (excludes halogenated alkanes) is 5. The fourth-order valence-corrected chi connectivity index (χ4v) is 1.63. The Bertz CT molecular complexity index is 324. The van der Waals surface area contributed by atoms with Crippen LogP contribution in [0.5, 0.6) is 0 Å². The van der Waals surface area contributed by atoms with E-state index in [9.17, 15) is 0 Å². The van der Waals surface area contributed by atoms with Gasteiger partial charge in [0.2, 0.25) is 0 Å². The van der Waals surface area contributed by atoms with Gasteiger partial charge < -0.3 is 0 Å². The monoisotopic (exact) mass is 217 g/mol. The first kappa shape index (κ1) is 12.6. The molecule has 0 amide bonds. The number of rotatable bonds is 7. The quantitative estimate of drug-likeness (QED) is 0.659. The molecule has 0 N–H and O–H groups in total. The molecule has 0 aromatic carbocycles. The second-order valence-electron chi connectivity index (χ2n) is 4.02. The number of aromatic nitrogens is 2. The van der Waals surface area contributed by atoms with Gasteiger partial charge in [-0.25, -0.2) is 4.98 Å². The summed E-state index contributed by atoms with van der Waals surface area (Å²) >= 11 is 0. The van der Waals surface area contributed by atoms with Crippen molar-refractivity contribution in [1.29, 1.82) is 5.26 Å². The van der Waals surface area contributed by atoms with Crippen molar-refractivity contribution in [1.82, 2.24) is 9.97 Å². The third-order valence-corrected chi connectivity index (χ3v) is 2.61. The van der Waals surface area contributed by atoms with Gasteiger partial charge in [0.1, 0.15) is 6.07 Å². The Morgan fingerprint density at radius 3 is 2.44 bits per heavy atom. The van der Waals surface area contributed by atoms with E-state index in [-0.39, 0.29) is 0 Å². The van der Waals surface area contributed by atoms with Gasteiger partial charge in [-0.1, -0.05) is 39.0 Å². The van der Waals surface area contributed by atoms with E-state index in [0.717, 1.165) is 12.1 Å². The van der Waals surface area contributed by atoms with Crippen LogP contribution in [0.25, 0.3) is 0 Å². The van der Waals surface area contributed by atoms with Crippen molar-refractivity contribution >= 4 is 0 Å². The molecule has 86 valence electrons. The van der Waals surface area contributed by atoms with E-state index in [1.54, 1.807) is 12.4 Å². The molecule has 16 heavy (non-hydrogen) atoms. The number of hydrogen-bond acceptors (Lipinski definition) is 3. The summed E-state index contributed by atoms with van der Waals surface area (Å²) in [5.74, 6) is 0. The average Bonchev–Trinajstić information content (AvgIpc) is 2.34. The van der Waals surface area contributed by atoms with E-state index in [4.69, 9.17) is 5.26 Å². The first-order chi connectivity index (χ1) is 7.86. The molecule has 0 spiro atoms. The van der Waals surface area contributed by atoms with Crippen LogP contribution in [0.4, 0.5) is 0 Å². The zero-order valence-corrected chi connectivity index (χ0v) is 9.95. The van der Waals surface area contributed by atoms with Gasteiger partial charge >= 0.3 is 0 Å². The lowest BCUT2D eigenvalue weighted by atomic mass is 10.1. The summed E-state index contributed by atoms with van der Waals surface area (Å²) < 4.78 is 0. The molecular weight excluding hydrogens is 198 g/mol. The maximum absolute atomic E-state index is 8.57. The van der Waals surface area contributed by atoms with E-state index >= 15 is 0 Å². The second kappa shape index (κ2) is 7.81. The fourth-order valence-electron chi connectivity index (χ4n) is 1.63. The van der Waals surface area contributed by atoms with Crippen molar-refractivity contribution in [3.63, 3.8) is 0 Å². The summed E-state index contributed by atoms with van der Waals surface area (Å²) in [4.78, 5) is 8.20. The highest BCUT2D eigenvalue weighted by Gasteiger charge is 1.97. The Labute approximate surface area is 97.5 Å². The molecular formula is C13H19N3. The summed E-state index contributed by atoms with van der Waals surface area (Å²) in [7, 11) is 0. The SMILES string of the molecule is CCCCCCCCc1cnc(C#N)cn1. The minimum absolute atomic E-state index is 0.395. The predicted octanol–water partition coefficient (Wildman–Crippen LogP) is 3.25. The topological polar surface area (TPSA) is 49.6 Å².